The first-order chi connectivity index (χ1) is 10.2. The summed E-state index contributed by atoms with van der Waals surface area (Å²) in [6, 6.07) is 8.53. The van der Waals surface area contributed by atoms with Crippen LogP contribution in [0.15, 0.2) is 30.5 Å². The zero-order valence-corrected chi connectivity index (χ0v) is 14.4. The molecule has 1 unspecified atom stereocenters. The van der Waals surface area contributed by atoms with Gasteiger partial charge >= 0.3 is 0 Å². The molecular weight excluding hydrogens is 320 g/mol. The summed E-state index contributed by atoms with van der Waals surface area (Å²) in [7, 11) is 0. The fourth-order valence-corrected chi connectivity index (χ4v) is 4.53. The summed E-state index contributed by atoms with van der Waals surface area (Å²) < 4.78 is 1.24. The summed E-state index contributed by atoms with van der Waals surface area (Å²) in [6.07, 6.45) is 3.02. The zero-order chi connectivity index (χ0) is 14.8. The van der Waals surface area contributed by atoms with Gasteiger partial charge in [0.05, 0.1) is 11.1 Å². The molecule has 21 heavy (non-hydrogen) atoms. The molecule has 1 atom stereocenters. The second-order valence-electron chi connectivity index (χ2n) is 4.96. The molecular formula is C16H17ClN2S2. The van der Waals surface area contributed by atoms with Gasteiger partial charge in [-0.15, -0.1) is 22.7 Å². The third kappa shape index (κ3) is 3.14. The van der Waals surface area contributed by atoms with Crippen molar-refractivity contribution in [1.82, 2.24) is 10.3 Å². The Kier molecular flexibility index (Phi) is 4.60. The van der Waals surface area contributed by atoms with E-state index in [4.69, 9.17) is 11.6 Å². The number of rotatable bonds is 5. The van der Waals surface area contributed by atoms with Gasteiger partial charge in [0.2, 0.25) is 0 Å². The van der Waals surface area contributed by atoms with Gasteiger partial charge in [-0.1, -0.05) is 36.7 Å². The highest BCUT2D eigenvalue weighted by Gasteiger charge is 2.13. The largest absolute Gasteiger partial charge is 0.303 e. The van der Waals surface area contributed by atoms with E-state index in [1.807, 2.05) is 12.3 Å². The third-order valence-electron chi connectivity index (χ3n) is 3.46. The normalized spacial score (nSPS) is 12.9. The summed E-state index contributed by atoms with van der Waals surface area (Å²) in [5.41, 5.74) is 0. The standard InChI is InChI=1S/C16H17ClN2S2/c1-3-11-8-19-16(20-11)10(2)18-9-14-15(17)12-6-4-5-7-13(12)21-14/h4-8,10,18H,3,9H2,1-2H3. The van der Waals surface area contributed by atoms with E-state index < -0.39 is 0 Å². The average molecular weight is 337 g/mol. The summed E-state index contributed by atoms with van der Waals surface area (Å²) in [5, 5.41) is 6.70. The molecule has 3 rings (SSSR count). The van der Waals surface area contributed by atoms with Gasteiger partial charge in [0.15, 0.2) is 0 Å². The van der Waals surface area contributed by atoms with Crippen LogP contribution >= 0.6 is 34.3 Å². The number of thiazole rings is 1. The molecule has 0 aliphatic heterocycles. The zero-order valence-electron chi connectivity index (χ0n) is 12.0. The number of fused-ring (bicyclic) bond motifs is 1. The number of nitrogens with zero attached hydrogens (tertiary/aromatic N) is 1. The molecule has 0 fully saturated rings. The Hall–Kier alpha value is -0.940. The molecule has 1 aromatic carbocycles. The highest BCUT2D eigenvalue weighted by Crippen LogP contribution is 2.35. The minimum absolute atomic E-state index is 0.247. The van der Waals surface area contributed by atoms with Crippen LogP contribution in [0.4, 0.5) is 0 Å². The quantitative estimate of drug-likeness (QED) is 0.672. The molecule has 3 aromatic rings. The number of aryl methyl sites for hydroxylation is 1. The lowest BCUT2D eigenvalue weighted by atomic mass is 10.2. The van der Waals surface area contributed by atoms with Gasteiger partial charge in [-0.25, -0.2) is 4.98 Å². The Morgan fingerprint density at radius 2 is 2.10 bits per heavy atom. The minimum atomic E-state index is 0.247. The van der Waals surface area contributed by atoms with E-state index in [1.54, 1.807) is 22.7 Å². The maximum absolute atomic E-state index is 6.47. The van der Waals surface area contributed by atoms with E-state index in [9.17, 15) is 0 Å². The van der Waals surface area contributed by atoms with E-state index in [1.165, 1.54) is 14.5 Å². The molecule has 110 valence electrons. The Bertz CT molecular complexity index is 748. The SMILES string of the molecule is CCc1cnc(C(C)NCc2sc3ccccc3c2Cl)s1. The van der Waals surface area contributed by atoms with E-state index in [2.05, 4.69) is 42.3 Å². The number of nitrogens with one attached hydrogen (secondary N) is 1. The Morgan fingerprint density at radius 3 is 2.81 bits per heavy atom. The third-order valence-corrected chi connectivity index (χ3v) is 6.50. The molecule has 0 aliphatic rings. The van der Waals surface area contributed by atoms with Crippen molar-refractivity contribution >= 4 is 44.4 Å². The second-order valence-corrected chi connectivity index (χ2v) is 7.62. The van der Waals surface area contributed by atoms with Gasteiger partial charge in [-0.05, 0) is 19.4 Å². The lowest BCUT2D eigenvalue weighted by Gasteiger charge is -2.10. The van der Waals surface area contributed by atoms with Gasteiger partial charge < -0.3 is 5.32 Å². The Labute approximate surface area is 137 Å². The van der Waals surface area contributed by atoms with Crippen molar-refractivity contribution in [3.05, 3.63) is 50.2 Å². The van der Waals surface area contributed by atoms with Crippen molar-refractivity contribution in [2.45, 2.75) is 32.9 Å². The Balaban J connectivity index is 1.72. The van der Waals surface area contributed by atoms with Crippen LogP contribution in [0, 0.1) is 0 Å². The molecule has 0 radical (unpaired) electrons. The molecule has 0 spiro atoms. The number of aromatic nitrogens is 1. The summed E-state index contributed by atoms with van der Waals surface area (Å²) in [5.74, 6) is 0. The van der Waals surface area contributed by atoms with Crippen LogP contribution in [0.1, 0.15) is 34.7 Å². The number of thiophene rings is 1. The van der Waals surface area contributed by atoms with Crippen LogP contribution < -0.4 is 5.32 Å². The minimum Gasteiger partial charge on any atom is -0.303 e. The van der Waals surface area contributed by atoms with Crippen molar-refractivity contribution in [3.63, 3.8) is 0 Å². The van der Waals surface area contributed by atoms with Crippen molar-refractivity contribution in [3.8, 4) is 0 Å². The number of benzene rings is 1. The number of halogens is 1. The van der Waals surface area contributed by atoms with Crippen LogP contribution in [0.3, 0.4) is 0 Å². The molecule has 2 heterocycles. The highest BCUT2D eigenvalue weighted by atomic mass is 35.5. The van der Waals surface area contributed by atoms with E-state index >= 15 is 0 Å². The first-order valence-corrected chi connectivity index (χ1v) is 9.04. The Morgan fingerprint density at radius 1 is 1.29 bits per heavy atom. The van der Waals surface area contributed by atoms with Crippen LogP contribution in [-0.2, 0) is 13.0 Å². The average Bonchev–Trinajstić information content (AvgIpc) is 3.10. The van der Waals surface area contributed by atoms with Crippen LogP contribution in [-0.4, -0.2) is 4.98 Å². The predicted molar refractivity (Wildman–Crippen MR) is 93.6 cm³/mol. The van der Waals surface area contributed by atoms with E-state index in [0.29, 0.717) is 0 Å². The van der Waals surface area contributed by atoms with Gasteiger partial charge in [0.1, 0.15) is 5.01 Å². The summed E-state index contributed by atoms with van der Waals surface area (Å²) in [6.45, 7) is 5.09. The van der Waals surface area contributed by atoms with Crippen LogP contribution in [0.5, 0.6) is 0 Å². The molecule has 1 N–H and O–H groups in total. The topological polar surface area (TPSA) is 24.9 Å². The van der Waals surface area contributed by atoms with Gasteiger partial charge in [0, 0.05) is 32.6 Å². The predicted octanol–water partition coefficient (Wildman–Crippen LogP) is 5.42. The number of hydrogen-bond donors (Lipinski definition) is 1. The molecule has 2 aromatic heterocycles. The number of hydrogen-bond acceptors (Lipinski definition) is 4. The first kappa shape index (κ1) is 15.0. The molecule has 5 heteroatoms. The van der Waals surface area contributed by atoms with Crippen molar-refractivity contribution < 1.29 is 0 Å². The van der Waals surface area contributed by atoms with Crippen molar-refractivity contribution in [2.75, 3.05) is 0 Å². The van der Waals surface area contributed by atoms with Crippen LogP contribution in [0.2, 0.25) is 5.02 Å². The summed E-state index contributed by atoms with van der Waals surface area (Å²) in [4.78, 5) is 7.01. The maximum atomic E-state index is 6.47. The van der Waals surface area contributed by atoms with E-state index in [-0.39, 0.29) is 6.04 Å². The molecule has 0 bridgehead atoms. The smallest absolute Gasteiger partial charge is 0.109 e. The van der Waals surface area contributed by atoms with Crippen molar-refractivity contribution in [1.29, 1.82) is 0 Å². The second kappa shape index (κ2) is 6.44. The fraction of sp³-hybridized carbons (Fsp3) is 0.312. The van der Waals surface area contributed by atoms with Crippen LogP contribution in [0.25, 0.3) is 10.1 Å². The summed E-state index contributed by atoms with van der Waals surface area (Å²) >= 11 is 10.0. The lowest BCUT2D eigenvalue weighted by Crippen LogP contribution is -2.17. The molecule has 0 amide bonds. The first-order valence-electron chi connectivity index (χ1n) is 7.03. The van der Waals surface area contributed by atoms with Gasteiger partial charge in [-0.2, -0.15) is 0 Å². The maximum Gasteiger partial charge on any atom is 0.109 e. The molecule has 2 nitrogen and oxygen atoms in total. The lowest BCUT2D eigenvalue weighted by molar-refractivity contribution is 0.576. The van der Waals surface area contributed by atoms with Gasteiger partial charge in [0.25, 0.3) is 0 Å². The molecule has 0 aliphatic carbocycles. The molecule has 0 saturated heterocycles. The van der Waals surface area contributed by atoms with Crippen molar-refractivity contribution in [2.24, 2.45) is 0 Å². The highest BCUT2D eigenvalue weighted by molar-refractivity contribution is 7.19. The fourth-order valence-electron chi connectivity index (χ4n) is 2.20. The van der Waals surface area contributed by atoms with E-state index in [0.717, 1.165) is 28.4 Å². The molecule has 0 saturated carbocycles. The van der Waals surface area contributed by atoms with Gasteiger partial charge in [-0.3, -0.25) is 0 Å². The monoisotopic (exact) mass is 336 g/mol.